The minimum atomic E-state index is -2.35. The Hall–Kier alpha value is -1.44. The van der Waals surface area contributed by atoms with Gasteiger partial charge in [0.05, 0.1) is 0 Å². The third-order valence-corrected chi connectivity index (χ3v) is 5.45. The molecule has 1 N–H and O–H groups in total. The average Bonchev–Trinajstić information content (AvgIpc) is 2.51. The Balaban J connectivity index is 1.57. The summed E-state index contributed by atoms with van der Waals surface area (Å²) in [6, 6.07) is 6.76. The highest BCUT2D eigenvalue weighted by atomic mass is 32.2. The van der Waals surface area contributed by atoms with Crippen molar-refractivity contribution in [2.75, 3.05) is 30.9 Å². The first-order valence-corrected chi connectivity index (χ1v) is 9.59. The van der Waals surface area contributed by atoms with E-state index in [2.05, 4.69) is 16.5 Å². The van der Waals surface area contributed by atoms with E-state index < -0.39 is 11.3 Å². The molecule has 1 aromatic carbocycles. The van der Waals surface area contributed by atoms with E-state index in [0.29, 0.717) is 11.3 Å². The SMILES string of the molecule is C[C@H]1CN(CC2CCC2)CCN1C(=O)c1ccc(NS(=O)[O-])cc1. The van der Waals surface area contributed by atoms with E-state index in [9.17, 15) is 13.6 Å². The number of anilines is 1. The molecule has 7 heteroatoms. The lowest BCUT2D eigenvalue weighted by atomic mass is 9.85. The molecule has 1 aliphatic carbocycles. The van der Waals surface area contributed by atoms with Crippen LogP contribution in [0.5, 0.6) is 0 Å². The molecule has 1 unspecified atom stereocenters. The van der Waals surface area contributed by atoms with Crippen LogP contribution in [-0.2, 0) is 11.3 Å². The van der Waals surface area contributed by atoms with Crippen molar-refractivity contribution in [3.63, 3.8) is 0 Å². The summed E-state index contributed by atoms with van der Waals surface area (Å²) in [4.78, 5) is 17.1. The number of benzene rings is 1. The zero-order valence-corrected chi connectivity index (χ0v) is 14.8. The van der Waals surface area contributed by atoms with E-state index in [-0.39, 0.29) is 11.9 Å². The molecule has 0 spiro atoms. The van der Waals surface area contributed by atoms with Gasteiger partial charge >= 0.3 is 0 Å². The van der Waals surface area contributed by atoms with E-state index in [1.54, 1.807) is 24.3 Å². The molecule has 0 radical (unpaired) electrons. The Labute approximate surface area is 145 Å². The number of hydrogen-bond donors (Lipinski definition) is 1. The molecule has 1 aromatic rings. The number of hydrogen-bond acceptors (Lipinski definition) is 4. The highest BCUT2D eigenvalue weighted by Gasteiger charge is 2.30. The number of carbonyl (C=O) groups excluding carboxylic acids is 1. The first kappa shape index (κ1) is 17.4. The first-order valence-electron chi connectivity index (χ1n) is 8.52. The fraction of sp³-hybridized carbons (Fsp3) is 0.588. The van der Waals surface area contributed by atoms with Gasteiger partial charge in [-0.1, -0.05) is 6.42 Å². The van der Waals surface area contributed by atoms with Gasteiger partial charge in [0.25, 0.3) is 5.91 Å². The Morgan fingerprint density at radius 2 is 2.00 bits per heavy atom. The van der Waals surface area contributed by atoms with Crippen molar-refractivity contribution in [3.05, 3.63) is 29.8 Å². The summed E-state index contributed by atoms with van der Waals surface area (Å²) in [5, 5.41) is 0. The summed E-state index contributed by atoms with van der Waals surface area (Å²) >= 11 is -2.35. The third-order valence-electron chi connectivity index (χ3n) is 5.05. The van der Waals surface area contributed by atoms with Crippen molar-refractivity contribution < 1.29 is 13.6 Å². The van der Waals surface area contributed by atoms with Crippen LogP contribution in [0.3, 0.4) is 0 Å². The molecule has 3 rings (SSSR count). The van der Waals surface area contributed by atoms with Crippen molar-refractivity contribution in [2.24, 2.45) is 5.92 Å². The van der Waals surface area contributed by atoms with Crippen LogP contribution in [0.15, 0.2) is 24.3 Å². The Morgan fingerprint density at radius 3 is 2.54 bits per heavy atom. The molecule has 1 heterocycles. The molecule has 1 aliphatic heterocycles. The summed E-state index contributed by atoms with van der Waals surface area (Å²) < 4.78 is 23.5. The van der Waals surface area contributed by atoms with E-state index in [1.165, 1.54) is 25.8 Å². The molecule has 0 bridgehead atoms. The summed E-state index contributed by atoms with van der Waals surface area (Å²) in [5.41, 5.74) is 1.05. The van der Waals surface area contributed by atoms with Crippen LogP contribution in [0.1, 0.15) is 36.5 Å². The Morgan fingerprint density at radius 1 is 1.29 bits per heavy atom. The smallest absolute Gasteiger partial charge is 0.254 e. The van der Waals surface area contributed by atoms with Crippen molar-refractivity contribution in [2.45, 2.75) is 32.2 Å². The highest BCUT2D eigenvalue weighted by Crippen LogP contribution is 2.28. The molecule has 2 fully saturated rings. The van der Waals surface area contributed by atoms with Gasteiger partial charge in [0.15, 0.2) is 0 Å². The van der Waals surface area contributed by atoms with Gasteiger partial charge in [-0.25, -0.2) is 0 Å². The fourth-order valence-electron chi connectivity index (χ4n) is 3.48. The van der Waals surface area contributed by atoms with Crippen molar-refractivity contribution in [1.29, 1.82) is 0 Å². The maximum atomic E-state index is 12.7. The lowest BCUT2D eigenvalue weighted by Crippen LogP contribution is -2.55. The zero-order chi connectivity index (χ0) is 17.1. The van der Waals surface area contributed by atoms with Crippen LogP contribution < -0.4 is 4.72 Å². The predicted octanol–water partition coefficient (Wildman–Crippen LogP) is 1.84. The molecule has 1 amide bonds. The molecular weight excluding hydrogens is 326 g/mol. The molecular formula is C17H24N3O3S-. The van der Waals surface area contributed by atoms with Crippen molar-refractivity contribution in [3.8, 4) is 0 Å². The highest BCUT2D eigenvalue weighted by molar-refractivity contribution is 7.80. The van der Waals surface area contributed by atoms with Crippen LogP contribution in [0.2, 0.25) is 0 Å². The Kier molecular flexibility index (Phi) is 5.53. The van der Waals surface area contributed by atoms with Gasteiger partial charge in [0.2, 0.25) is 0 Å². The van der Waals surface area contributed by atoms with Crippen molar-refractivity contribution >= 4 is 22.9 Å². The predicted molar refractivity (Wildman–Crippen MR) is 93.3 cm³/mol. The van der Waals surface area contributed by atoms with E-state index in [0.717, 1.165) is 25.6 Å². The van der Waals surface area contributed by atoms with Gasteiger partial charge < -0.3 is 14.2 Å². The minimum Gasteiger partial charge on any atom is -0.755 e. The molecule has 1 saturated heterocycles. The van der Waals surface area contributed by atoms with E-state index >= 15 is 0 Å². The maximum Gasteiger partial charge on any atom is 0.254 e. The monoisotopic (exact) mass is 350 g/mol. The number of nitrogens with zero attached hydrogens (tertiary/aromatic N) is 2. The van der Waals surface area contributed by atoms with Crippen molar-refractivity contribution in [1.82, 2.24) is 9.80 Å². The van der Waals surface area contributed by atoms with Crippen LogP contribution in [0.25, 0.3) is 0 Å². The van der Waals surface area contributed by atoms with Crippen LogP contribution >= 0.6 is 0 Å². The average molecular weight is 350 g/mol. The zero-order valence-electron chi connectivity index (χ0n) is 13.9. The Bertz CT molecular complexity index is 604. The van der Waals surface area contributed by atoms with Crippen LogP contribution in [0.4, 0.5) is 5.69 Å². The first-order chi connectivity index (χ1) is 11.5. The van der Waals surface area contributed by atoms with Gasteiger partial charge in [-0.15, -0.1) is 0 Å². The second kappa shape index (κ2) is 7.63. The molecule has 132 valence electrons. The number of carbonyl (C=O) groups is 1. The lowest BCUT2D eigenvalue weighted by molar-refractivity contribution is 0.0424. The lowest BCUT2D eigenvalue weighted by Gasteiger charge is -2.42. The molecule has 2 aliphatic rings. The quantitative estimate of drug-likeness (QED) is 0.822. The van der Waals surface area contributed by atoms with Gasteiger partial charge in [0, 0.05) is 54.7 Å². The molecule has 2 atom stereocenters. The normalized spacial score (nSPS) is 23.6. The molecule has 1 saturated carbocycles. The van der Waals surface area contributed by atoms with Crippen LogP contribution in [-0.4, -0.2) is 56.7 Å². The maximum absolute atomic E-state index is 12.7. The number of piperazine rings is 1. The summed E-state index contributed by atoms with van der Waals surface area (Å²) in [7, 11) is 0. The summed E-state index contributed by atoms with van der Waals surface area (Å²) in [6.07, 6.45) is 4.06. The number of amides is 1. The van der Waals surface area contributed by atoms with Crippen LogP contribution in [0, 0.1) is 5.92 Å². The number of rotatable bonds is 5. The summed E-state index contributed by atoms with van der Waals surface area (Å²) in [5.74, 6) is 0.867. The second-order valence-electron chi connectivity index (χ2n) is 6.82. The molecule has 24 heavy (non-hydrogen) atoms. The van der Waals surface area contributed by atoms with E-state index in [4.69, 9.17) is 0 Å². The third kappa shape index (κ3) is 4.15. The van der Waals surface area contributed by atoms with Gasteiger partial charge in [-0.05, 0) is 49.9 Å². The molecule has 0 aromatic heterocycles. The second-order valence-corrected chi connectivity index (χ2v) is 7.49. The van der Waals surface area contributed by atoms with Gasteiger partial charge in [-0.2, -0.15) is 0 Å². The number of nitrogens with one attached hydrogen (secondary N) is 1. The minimum absolute atomic E-state index is 0.0144. The largest absolute Gasteiger partial charge is 0.755 e. The van der Waals surface area contributed by atoms with Gasteiger partial charge in [0.1, 0.15) is 0 Å². The van der Waals surface area contributed by atoms with E-state index in [1.807, 2.05) is 4.90 Å². The van der Waals surface area contributed by atoms with Gasteiger partial charge in [-0.3, -0.25) is 13.9 Å². The standard InChI is InChI=1S/C17H25N3O3S/c1-13-11-19(12-14-3-2-4-14)9-10-20(13)17(21)15-5-7-16(8-6-15)18-24(22)23/h5-8,13-14,18H,2-4,9-12H2,1H3,(H,22,23)/p-1/t13-/m0/s1. The fourth-order valence-corrected chi connectivity index (χ4v) is 3.81. The summed E-state index contributed by atoms with van der Waals surface area (Å²) in [6.45, 7) is 5.87. The molecule has 6 nitrogen and oxygen atoms in total. The topological polar surface area (TPSA) is 75.7 Å².